The molecule has 0 aliphatic carbocycles. The second-order valence-corrected chi connectivity index (χ2v) is 11.8. The fraction of sp³-hybridized carbons (Fsp3) is 0.297. The summed E-state index contributed by atoms with van der Waals surface area (Å²) in [6, 6.07) is 26.7. The predicted molar refractivity (Wildman–Crippen MR) is 195 cm³/mol. The molecule has 0 amide bonds. The van der Waals surface area contributed by atoms with Crippen LogP contribution in [0, 0.1) is 27.7 Å². The number of aryl methyl sites for hydroxylation is 4. The first-order valence-electron chi connectivity index (χ1n) is 14.8. The molecule has 0 radical (unpaired) electrons. The summed E-state index contributed by atoms with van der Waals surface area (Å²) in [5.41, 5.74) is 21.2. The van der Waals surface area contributed by atoms with Gasteiger partial charge < -0.3 is 31.0 Å². The molecular weight excluding hydrogens is 659 g/mol. The zero-order chi connectivity index (χ0) is 34.4. The summed E-state index contributed by atoms with van der Waals surface area (Å²) >= 11 is 3.43. The molecule has 6 N–H and O–H groups in total. The van der Waals surface area contributed by atoms with Crippen molar-refractivity contribution in [3.8, 4) is 11.1 Å². The zero-order valence-electron chi connectivity index (χ0n) is 27.3. The highest BCUT2D eigenvalue weighted by Crippen LogP contribution is 2.29. The van der Waals surface area contributed by atoms with Crippen LogP contribution in [0.3, 0.4) is 0 Å². The number of hydrogen-bond donors (Lipinski definition) is 4. The van der Waals surface area contributed by atoms with Crippen LogP contribution in [-0.2, 0) is 19.1 Å². The Morgan fingerprint density at radius 1 is 0.681 bits per heavy atom. The summed E-state index contributed by atoms with van der Waals surface area (Å²) in [6.07, 6.45) is 0.388. The Hall–Kier alpha value is -3.80. The Kier molecular flexibility index (Phi) is 17.9. The lowest BCUT2D eigenvalue weighted by molar-refractivity contribution is -0.141. The van der Waals surface area contributed by atoms with Crippen LogP contribution in [0.25, 0.3) is 11.1 Å². The molecule has 0 heterocycles. The molecule has 0 spiro atoms. The maximum Gasteiger partial charge on any atom is 0.488 e. The molecule has 2 atom stereocenters. The molecule has 0 fully saturated rings. The number of nitrogens with two attached hydrogens (primary N) is 2. The van der Waals surface area contributed by atoms with Crippen LogP contribution in [0.4, 0.5) is 0 Å². The second-order valence-electron chi connectivity index (χ2n) is 10.9. The molecule has 8 nitrogen and oxygen atoms in total. The van der Waals surface area contributed by atoms with Crippen LogP contribution in [0.5, 0.6) is 0 Å². The van der Waals surface area contributed by atoms with Gasteiger partial charge in [0.15, 0.2) is 0 Å². The number of benzene rings is 4. The Balaban J connectivity index is 0.000000373. The zero-order valence-corrected chi connectivity index (χ0v) is 28.9. The van der Waals surface area contributed by atoms with E-state index in [0.717, 1.165) is 32.3 Å². The third-order valence-corrected chi connectivity index (χ3v) is 8.30. The highest BCUT2D eigenvalue weighted by molar-refractivity contribution is 9.10. The van der Waals surface area contributed by atoms with E-state index in [1.165, 1.54) is 30.9 Å². The first kappa shape index (κ1) is 41.2. The largest absolute Gasteiger partial charge is 0.488 e. The first-order valence-corrected chi connectivity index (χ1v) is 15.6. The van der Waals surface area contributed by atoms with E-state index >= 15 is 0 Å². The van der Waals surface area contributed by atoms with Crippen molar-refractivity contribution in [1.82, 2.24) is 0 Å². The van der Waals surface area contributed by atoms with Gasteiger partial charge in [0.05, 0.1) is 27.1 Å². The maximum absolute atomic E-state index is 11.4. The molecule has 47 heavy (non-hydrogen) atoms. The number of carbonyl (C=O) groups is 2. The van der Waals surface area contributed by atoms with Gasteiger partial charge in [0.1, 0.15) is 0 Å². The molecule has 4 aromatic rings. The normalized spacial score (nSPS) is 11.3. The quantitative estimate of drug-likeness (QED) is 0.126. The first-order chi connectivity index (χ1) is 21.8. The molecule has 0 aromatic heterocycles. The number of hydrogen-bond acceptors (Lipinski definition) is 8. The molecule has 4 rings (SSSR count). The fourth-order valence-electron chi connectivity index (χ4n) is 4.51. The predicted octanol–water partition coefficient (Wildman–Crippen LogP) is 6.16. The highest BCUT2D eigenvalue weighted by Gasteiger charge is 2.15. The summed E-state index contributed by atoms with van der Waals surface area (Å²) < 4.78 is 10.2. The van der Waals surface area contributed by atoms with E-state index in [9.17, 15) is 9.59 Å². The monoisotopic (exact) mass is 706 g/mol. The minimum atomic E-state index is -1.35. The molecule has 0 bridgehead atoms. The third-order valence-electron chi connectivity index (χ3n) is 7.44. The molecular formula is C37H48BBrN2O6. The Morgan fingerprint density at radius 3 is 1.57 bits per heavy atom. The Bertz CT molecular complexity index is 1600. The van der Waals surface area contributed by atoms with Gasteiger partial charge in [-0.25, -0.2) is 0 Å². The molecule has 0 saturated heterocycles. The number of esters is 2. The lowest BCUT2D eigenvalue weighted by atomic mass is 9.77. The summed E-state index contributed by atoms with van der Waals surface area (Å²) in [7, 11) is 1.39. The van der Waals surface area contributed by atoms with E-state index in [4.69, 9.17) is 21.5 Å². The van der Waals surface area contributed by atoms with Gasteiger partial charge in [-0.05, 0) is 84.2 Å². The van der Waals surface area contributed by atoms with Crippen LogP contribution >= 0.6 is 15.9 Å². The fourth-order valence-corrected chi connectivity index (χ4v) is 4.91. The summed E-state index contributed by atoms with van der Waals surface area (Å²) in [5.74, 6) is -0.584. The molecule has 2 unspecified atom stereocenters. The van der Waals surface area contributed by atoms with Gasteiger partial charge in [-0.1, -0.05) is 102 Å². The van der Waals surface area contributed by atoms with Crippen molar-refractivity contribution < 1.29 is 29.1 Å². The van der Waals surface area contributed by atoms with Gasteiger partial charge in [0.2, 0.25) is 0 Å². The van der Waals surface area contributed by atoms with E-state index in [1.54, 1.807) is 12.1 Å². The molecule has 0 saturated carbocycles. The van der Waals surface area contributed by atoms with Crippen molar-refractivity contribution >= 4 is 40.4 Å². The van der Waals surface area contributed by atoms with Gasteiger partial charge in [-0.15, -0.1) is 0 Å². The second kappa shape index (κ2) is 20.4. The number of rotatable bonds is 8. The van der Waals surface area contributed by atoms with Crippen LogP contribution in [0.15, 0.2) is 89.4 Å². The van der Waals surface area contributed by atoms with Crippen LogP contribution < -0.4 is 16.9 Å². The molecule has 10 heteroatoms. The summed E-state index contributed by atoms with van der Waals surface area (Å²) in [6.45, 7) is 8.02. The van der Waals surface area contributed by atoms with E-state index < -0.39 is 7.12 Å². The van der Waals surface area contributed by atoms with Gasteiger partial charge in [0.25, 0.3) is 0 Å². The minimum absolute atomic E-state index is 0. The van der Waals surface area contributed by atoms with Crippen molar-refractivity contribution in [2.75, 3.05) is 14.2 Å². The number of halogens is 1. The van der Waals surface area contributed by atoms with E-state index in [0.29, 0.717) is 5.46 Å². The molecule has 252 valence electrons. The van der Waals surface area contributed by atoms with Crippen molar-refractivity contribution in [1.29, 1.82) is 0 Å². The van der Waals surface area contributed by atoms with Gasteiger partial charge >= 0.3 is 19.1 Å². The molecule has 4 aromatic carbocycles. The third kappa shape index (κ3) is 13.1. The van der Waals surface area contributed by atoms with E-state index in [-0.39, 0.29) is 44.3 Å². The van der Waals surface area contributed by atoms with Gasteiger partial charge in [0, 0.05) is 16.6 Å². The lowest BCUT2D eigenvalue weighted by Crippen LogP contribution is -2.31. The van der Waals surface area contributed by atoms with Crippen molar-refractivity contribution in [3.63, 3.8) is 0 Å². The standard InChI is InChI=1S/C18H21NO2.C11H14BrNO2.C7H9BO2.CH4/c1-12-6-4-5-7-15(12)16-10-14(9-8-13(16)2)17(19)11-18(20)21-3;1-7-3-4-8(5-9(7)12)10(13)6-11(14)15-2;1-6-4-2-3-5-7(6)8(9)10;/h4-10,17H,11,19H2,1-3H3;3-5,10H,6,13H2,1-2H3;2-5,9-10H,1H3;1H4. The topological polar surface area (TPSA) is 145 Å². The van der Waals surface area contributed by atoms with E-state index in [2.05, 4.69) is 57.5 Å². The average molecular weight is 708 g/mol. The van der Waals surface area contributed by atoms with E-state index in [1.807, 2.05) is 68.4 Å². The summed E-state index contributed by atoms with van der Waals surface area (Å²) in [5, 5.41) is 17.5. The summed E-state index contributed by atoms with van der Waals surface area (Å²) in [4.78, 5) is 22.4. The van der Waals surface area contributed by atoms with Gasteiger partial charge in [-0.2, -0.15) is 0 Å². The number of methoxy groups -OCH3 is 2. The van der Waals surface area contributed by atoms with Crippen molar-refractivity contribution in [3.05, 3.63) is 123 Å². The van der Waals surface area contributed by atoms with Crippen molar-refractivity contribution in [2.24, 2.45) is 11.5 Å². The maximum atomic E-state index is 11.4. The SMILES string of the molecule is C.COC(=O)CC(N)c1ccc(C)c(-c2ccccc2C)c1.COC(=O)CC(N)c1ccc(C)c(Br)c1.Cc1ccccc1B(O)O. The average Bonchev–Trinajstić information content (AvgIpc) is 3.03. The van der Waals surface area contributed by atoms with Crippen molar-refractivity contribution in [2.45, 2.75) is 60.0 Å². The number of ether oxygens (including phenoxy) is 2. The lowest BCUT2D eigenvalue weighted by Gasteiger charge is -2.15. The molecule has 0 aliphatic rings. The van der Waals surface area contributed by atoms with Crippen LogP contribution in [0.1, 0.15) is 65.7 Å². The minimum Gasteiger partial charge on any atom is -0.469 e. The van der Waals surface area contributed by atoms with Crippen LogP contribution in [-0.4, -0.2) is 43.3 Å². The number of carbonyl (C=O) groups excluding carboxylic acids is 2. The Morgan fingerprint density at radius 2 is 1.13 bits per heavy atom. The Labute approximate surface area is 288 Å². The van der Waals surface area contributed by atoms with Gasteiger partial charge in [-0.3, -0.25) is 9.59 Å². The highest BCUT2D eigenvalue weighted by atomic mass is 79.9. The smallest absolute Gasteiger partial charge is 0.469 e. The van der Waals surface area contributed by atoms with Crippen LogP contribution in [0.2, 0.25) is 0 Å². The molecule has 0 aliphatic heterocycles.